The van der Waals surface area contributed by atoms with Crippen molar-refractivity contribution in [2.75, 3.05) is 7.11 Å². The van der Waals surface area contributed by atoms with E-state index in [-0.39, 0.29) is 12.1 Å². The number of aryl methyl sites for hydroxylation is 3. The van der Waals surface area contributed by atoms with Gasteiger partial charge in [-0.25, -0.2) is 4.52 Å². The monoisotopic (exact) mass is 403 g/mol. The van der Waals surface area contributed by atoms with Gasteiger partial charge in [0.05, 0.1) is 25.5 Å². The number of aliphatic hydroxyl groups excluding tert-OH is 1. The predicted octanol–water partition coefficient (Wildman–Crippen LogP) is 3.83. The summed E-state index contributed by atoms with van der Waals surface area (Å²) in [6.45, 7) is 6.19. The third-order valence-electron chi connectivity index (χ3n) is 5.41. The highest BCUT2D eigenvalue weighted by Gasteiger charge is 2.17. The molecule has 0 amide bonds. The second-order valence-electron chi connectivity index (χ2n) is 7.68. The fourth-order valence-corrected chi connectivity index (χ4v) is 4.09. The Balaban J connectivity index is 1.69. The highest BCUT2D eigenvalue weighted by molar-refractivity contribution is 5.66. The molecule has 6 heteroatoms. The Morgan fingerprint density at radius 3 is 2.50 bits per heavy atom. The molecule has 154 valence electrons. The largest absolute Gasteiger partial charge is 0.497 e. The van der Waals surface area contributed by atoms with Crippen molar-refractivity contribution in [2.45, 2.75) is 33.4 Å². The lowest BCUT2D eigenvalue weighted by molar-refractivity contribution is 0.153. The summed E-state index contributed by atoms with van der Waals surface area (Å²) in [5.41, 5.74) is 5.91. The summed E-state index contributed by atoms with van der Waals surface area (Å²) in [4.78, 5) is 13.1. The summed E-state index contributed by atoms with van der Waals surface area (Å²) >= 11 is 0. The van der Waals surface area contributed by atoms with E-state index in [2.05, 4.69) is 17.2 Å². The van der Waals surface area contributed by atoms with Crippen molar-refractivity contribution in [1.82, 2.24) is 14.2 Å². The number of rotatable bonds is 5. The normalized spacial score (nSPS) is 12.3. The molecule has 2 heterocycles. The summed E-state index contributed by atoms with van der Waals surface area (Å²) in [6, 6.07) is 13.4. The first-order valence-electron chi connectivity index (χ1n) is 9.86. The number of nitrogens with zero attached hydrogens (tertiary/aromatic N) is 3. The summed E-state index contributed by atoms with van der Waals surface area (Å²) < 4.78 is 8.39. The van der Waals surface area contributed by atoms with Crippen LogP contribution in [0, 0.1) is 20.8 Å². The number of fused-ring (bicyclic) bond motifs is 1. The fraction of sp³-hybridized carbons (Fsp3) is 0.250. The van der Waals surface area contributed by atoms with Gasteiger partial charge in [0, 0.05) is 18.0 Å². The van der Waals surface area contributed by atoms with Gasteiger partial charge in [0.1, 0.15) is 11.3 Å². The van der Waals surface area contributed by atoms with Crippen molar-refractivity contribution in [3.8, 4) is 17.0 Å². The summed E-state index contributed by atoms with van der Waals surface area (Å²) in [6.07, 6.45) is 2.63. The minimum absolute atomic E-state index is 0.180. The molecule has 0 aliphatic heterocycles. The van der Waals surface area contributed by atoms with Crippen LogP contribution in [0.25, 0.3) is 16.8 Å². The van der Waals surface area contributed by atoms with Crippen LogP contribution in [0.2, 0.25) is 0 Å². The third kappa shape index (κ3) is 3.62. The highest BCUT2D eigenvalue weighted by Crippen LogP contribution is 2.25. The Labute approximate surface area is 175 Å². The Hall–Kier alpha value is -3.38. The lowest BCUT2D eigenvalue weighted by atomic mass is 9.95. The topological polar surface area (TPSA) is 68.8 Å². The van der Waals surface area contributed by atoms with E-state index in [9.17, 15) is 9.90 Å². The molecule has 0 fully saturated rings. The van der Waals surface area contributed by atoms with Crippen molar-refractivity contribution < 1.29 is 9.84 Å². The van der Waals surface area contributed by atoms with Crippen LogP contribution in [0.5, 0.6) is 5.75 Å². The van der Waals surface area contributed by atoms with E-state index >= 15 is 0 Å². The lowest BCUT2D eigenvalue weighted by Crippen LogP contribution is -2.24. The van der Waals surface area contributed by atoms with Crippen LogP contribution >= 0.6 is 0 Å². The first kappa shape index (κ1) is 19.9. The van der Waals surface area contributed by atoms with Gasteiger partial charge in [0.25, 0.3) is 5.56 Å². The molecule has 0 aliphatic carbocycles. The molecule has 0 saturated carbocycles. The van der Waals surface area contributed by atoms with Gasteiger partial charge in [-0.15, -0.1) is 0 Å². The molecule has 4 aromatic rings. The zero-order valence-electron chi connectivity index (χ0n) is 17.6. The van der Waals surface area contributed by atoms with Crippen LogP contribution in [0.3, 0.4) is 0 Å². The molecule has 0 bridgehead atoms. The van der Waals surface area contributed by atoms with E-state index in [1.165, 1.54) is 4.57 Å². The van der Waals surface area contributed by atoms with Gasteiger partial charge < -0.3 is 14.4 Å². The maximum atomic E-state index is 13.1. The average Bonchev–Trinajstić information content (AvgIpc) is 3.15. The molecular formula is C24H25N3O3. The van der Waals surface area contributed by atoms with Crippen molar-refractivity contribution in [2.24, 2.45) is 0 Å². The molecule has 0 saturated heterocycles. The van der Waals surface area contributed by atoms with E-state index < -0.39 is 6.10 Å². The smallest absolute Gasteiger partial charge is 0.276 e. The lowest BCUT2D eigenvalue weighted by Gasteiger charge is -2.18. The Bertz CT molecular complexity index is 1260. The molecule has 1 N–H and O–H groups in total. The van der Waals surface area contributed by atoms with Crippen LogP contribution in [0.15, 0.2) is 59.7 Å². The Morgan fingerprint density at radius 2 is 1.80 bits per heavy atom. The van der Waals surface area contributed by atoms with Crippen LogP contribution in [-0.2, 0) is 6.54 Å². The number of benzene rings is 2. The van der Waals surface area contributed by atoms with Gasteiger partial charge in [0.15, 0.2) is 0 Å². The number of aliphatic hydroxyl groups is 1. The minimum atomic E-state index is -0.772. The Kier molecular flexibility index (Phi) is 5.18. The third-order valence-corrected chi connectivity index (χ3v) is 5.41. The number of ether oxygens (including phenoxy) is 1. The van der Waals surface area contributed by atoms with Gasteiger partial charge in [-0.1, -0.05) is 29.8 Å². The van der Waals surface area contributed by atoms with E-state index in [1.807, 2.05) is 45.0 Å². The summed E-state index contributed by atoms with van der Waals surface area (Å²) in [5.74, 6) is 0.730. The van der Waals surface area contributed by atoms with Gasteiger partial charge in [-0.2, -0.15) is 5.10 Å². The van der Waals surface area contributed by atoms with Gasteiger partial charge >= 0.3 is 0 Å². The van der Waals surface area contributed by atoms with Crippen molar-refractivity contribution in [3.63, 3.8) is 0 Å². The van der Waals surface area contributed by atoms with Gasteiger partial charge in [-0.05, 0) is 55.7 Å². The number of hydrogen-bond acceptors (Lipinski definition) is 4. The molecule has 0 spiro atoms. The average molecular weight is 403 g/mol. The van der Waals surface area contributed by atoms with Crippen LogP contribution < -0.4 is 10.3 Å². The predicted molar refractivity (Wildman–Crippen MR) is 117 cm³/mol. The quantitative estimate of drug-likeness (QED) is 0.550. The molecule has 4 rings (SSSR count). The Morgan fingerprint density at radius 1 is 1.07 bits per heavy atom. The summed E-state index contributed by atoms with van der Waals surface area (Å²) in [7, 11) is 1.62. The first-order chi connectivity index (χ1) is 14.4. The number of aromatic nitrogens is 3. The number of hydrogen-bond donors (Lipinski definition) is 1. The summed E-state index contributed by atoms with van der Waals surface area (Å²) in [5, 5.41) is 15.4. The van der Waals surface area contributed by atoms with Crippen molar-refractivity contribution in [3.05, 3.63) is 87.5 Å². The molecule has 0 radical (unpaired) electrons. The van der Waals surface area contributed by atoms with E-state index in [0.717, 1.165) is 33.6 Å². The molecule has 30 heavy (non-hydrogen) atoms. The highest BCUT2D eigenvalue weighted by atomic mass is 16.5. The molecule has 0 unspecified atom stereocenters. The van der Waals surface area contributed by atoms with Gasteiger partial charge in [0.2, 0.25) is 0 Å². The van der Waals surface area contributed by atoms with Crippen LogP contribution in [0.1, 0.15) is 28.4 Å². The molecule has 2 aromatic carbocycles. The maximum absolute atomic E-state index is 13.1. The van der Waals surface area contributed by atoms with Gasteiger partial charge in [-0.3, -0.25) is 4.79 Å². The maximum Gasteiger partial charge on any atom is 0.276 e. The SMILES string of the molecule is COc1cccc(-c2cc3c(=O)n(C[C@H](O)c4c(C)cc(C)cc4C)ccn3n2)c1. The second-order valence-corrected chi connectivity index (χ2v) is 7.68. The molecular weight excluding hydrogens is 378 g/mol. The second kappa shape index (κ2) is 7.80. The van der Waals surface area contributed by atoms with E-state index in [0.29, 0.717) is 11.2 Å². The van der Waals surface area contributed by atoms with Crippen molar-refractivity contribution in [1.29, 1.82) is 0 Å². The molecule has 2 aromatic heterocycles. The minimum Gasteiger partial charge on any atom is -0.497 e. The van der Waals surface area contributed by atoms with Crippen LogP contribution in [-0.4, -0.2) is 26.4 Å². The molecule has 6 nitrogen and oxygen atoms in total. The standard InChI is InChI=1S/C24H25N3O3/c1-15-10-16(2)23(17(3)11-15)22(28)14-26-8-9-27-21(24(26)29)13-20(25-27)18-6-5-7-19(12-18)30-4/h5-13,22,28H,14H2,1-4H3/t22-/m0/s1. The van der Waals surface area contributed by atoms with Crippen molar-refractivity contribution >= 4 is 5.52 Å². The zero-order chi connectivity index (χ0) is 21.4. The zero-order valence-corrected chi connectivity index (χ0v) is 17.6. The fourth-order valence-electron chi connectivity index (χ4n) is 4.09. The number of methoxy groups -OCH3 is 1. The van der Waals surface area contributed by atoms with Crippen LogP contribution in [0.4, 0.5) is 0 Å². The molecule has 0 aliphatic rings. The first-order valence-corrected chi connectivity index (χ1v) is 9.86. The van der Waals surface area contributed by atoms with E-state index in [1.54, 1.807) is 30.1 Å². The molecule has 1 atom stereocenters. The van der Waals surface area contributed by atoms with E-state index in [4.69, 9.17) is 4.74 Å².